The van der Waals surface area contributed by atoms with Gasteiger partial charge in [0.05, 0.1) is 6.04 Å². The number of amides is 1. The topological polar surface area (TPSA) is 90.9 Å². The number of halogens is 1. The Bertz CT molecular complexity index is 1390. The molecule has 4 aromatic rings. The lowest BCUT2D eigenvalue weighted by Crippen LogP contribution is -2.38. The van der Waals surface area contributed by atoms with E-state index in [2.05, 4.69) is 10.3 Å². The molecular formula is C23H22ClN5O3. The summed E-state index contributed by atoms with van der Waals surface area (Å²) in [7, 11) is 2.88. The molecule has 0 fully saturated rings. The van der Waals surface area contributed by atoms with E-state index >= 15 is 0 Å². The molecule has 9 heteroatoms. The Morgan fingerprint density at radius 3 is 2.28 bits per heavy atom. The number of hydrogen-bond acceptors (Lipinski definition) is 4. The second-order valence-electron chi connectivity index (χ2n) is 7.57. The molecule has 1 N–H and O–H groups in total. The number of benzene rings is 2. The molecule has 0 aliphatic rings. The standard InChI is InChI=1S/C23H22ClN5O3/c1-27-20-19(21(31)28(2)23(27)32)29(22(24)26-20)14-18(30)25-17(16-11-7-4-8-12-16)13-15-9-5-3-6-10-15/h3-12,17H,13-14H2,1-2H3,(H,25,30)/t17-/m1/s1. The molecule has 0 radical (unpaired) electrons. The Labute approximate surface area is 188 Å². The van der Waals surface area contributed by atoms with Gasteiger partial charge < -0.3 is 5.32 Å². The van der Waals surface area contributed by atoms with Gasteiger partial charge in [0.15, 0.2) is 11.2 Å². The number of carbonyl (C=O) groups is 1. The minimum Gasteiger partial charge on any atom is -0.347 e. The Morgan fingerprint density at radius 2 is 1.62 bits per heavy atom. The van der Waals surface area contributed by atoms with Crippen LogP contribution in [0.2, 0.25) is 5.28 Å². The Kier molecular flexibility index (Phi) is 5.96. The van der Waals surface area contributed by atoms with Crippen molar-refractivity contribution in [3.63, 3.8) is 0 Å². The van der Waals surface area contributed by atoms with Crippen LogP contribution in [0.3, 0.4) is 0 Å². The summed E-state index contributed by atoms with van der Waals surface area (Å²) in [5, 5.41) is 3.01. The van der Waals surface area contributed by atoms with Crippen LogP contribution < -0.4 is 16.6 Å². The molecule has 0 saturated carbocycles. The maximum absolute atomic E-state index is 13.0. The lowest BCUT2D eigenvalue weighted by Gasteiger charge is -2.20. The predicted octanol–water partition coefficient (Wildman–Crippen LogP) is 2.19. The highest BCUT2D eigenvalue weighted by atomic mass is 35.5. The lowest BCUT2D eigenvalue weighted by molar-refractivity contribution is -0.122. The van der Waals surface area contributed by atoms with Crippen LogP contribution >= 0.6 is 11.6 Å². The van der Waals surface area contributed by atoms with Gasteiger partial charge in [-0.15, -0.1) is 0 Å². The first-order valence-corrected chi connectivity index (χ1v) is 10.4. The normalized spacial score (nSPS) is 12.1. The maximum atomic E-state index is 13.0. The van der Waals surface area contributed by atoms with Crippen LogP contribution in [0.15, 0.2) is 70.3 Å². The van der Waals surface area contributed by atoms with E-state index in [1.807, 2.05) is 60.7 Å². The van der Waals surface area contributed by atoms with Gasteiger partial charge >= 0.3 is 5.69 Å². The van der Waals surface area contributed by atoms with Crippen LogP contribution in [0.4, 0.5) is 0 Å². The van der Waals surface area contributed by atoms with Gasteiger partial charge in [0.2, 0.25) is 11.2 Å². The van der Waals surface area contributed by atoms with E-state index in [0.717, 1.165) is 15.7 Å². The van der Waals surface area contributed by atoms with Crippen molar-refractivity contribution in [1.82, 2.24) is 24.0 Å². The Morgan fingerprint density at radius 1 is 1.00 bits per heavy atom. The molecule has 8 nitrogen and oxygen atoms in total. The lowest BCUT2D eigenvalue weighted by atomic mass is 9.99. The molecule has 0 bridgehead atoms. The van der Waals surface area contributed by atoms with E-state index in [-0.39, 0.29) is 34.9 Å². The molecule has 2 heterocycles. The Balaban J connectivity index is 1.66. The van der Waals surface area contributed by atoms with Crippen LogP contribution in [0.5, 0.6) is 0 Å². The highest BCUT2D eigenvalue weighted by Gasteiger charge is 2.21. The monoisotopic (exact) mass is 451 g/mol. The van der Waals surface area contributed by atoms with Gasteiger partial charge in [-0.05, 0) is 29.1 Å². The highest BCUT2D eigenvalue weighted by molar-refractivity contribution is 6.29. The van der Waals surface area contributed by atoms with Gasteiger partial charge in [-0.1, -0.05) is 60.7 Å². The summed E-state index contributed by atoms with van der Waals surface area (Å²) < 4.78 is 3.54. The van der Waals surface area contributed by atoms with E-state index < -0.39 is 11.2 Å². The molecular weight excluding hydrogens is 430 g/mol. The molecule has 0 unspecified atom stereocenters. The average Bonchev–Trinajstić information content (AvgIpc) is 3.13. The number of rotatable bonds is 6. The van der Waals surface area contributed by atoms with Crippen molar-refractivity contribution in [3.05, 3.63) is 97.9 Å². The fraction of sp³-hybridized carbons (Fsp3) is 0.217. The third-order valence-electron chi connectivity index (χ3n) is 5.42. The number of aryl methyl sites for hydroxylation is 1. The summed E-state index contributed by atoms with van der Waals surface area (Å²) in [6.45, 7) is -0.207. The third kappa shape index (κ3) is 4.09. The summed E-state index contributed by atoms with van der Waals surface area (Å²) in [4.78, 5) is 42.0. The number of hydrogen-bond donors (Lipinski definition) is 1. The van der Waals surface area contributed by atoms with Gasteiger partial charge in [0.25, 0.3) is 5.56 Å². The number of fused-ring (bicyclic) bond motifs is 1. The van der Waals surface area contributed by atoms with Gasteiger partial charge in [-0.25, -0.2) is 4.79 Å². The summed E-state index contributed by atoms with van der Waals surface area (Å²) in [6.07, 6.45) is 0.602. The largest absolute Gasteiger partial charge is 0.347 e. The van der Waals surface area contributed by atoms with E-state index in [4.69, 9.17) is 11.6 Å². The van der Waals surface area contributed by atoms with E-state index in [1.54, 1.807) is 0 Å². The molecule has 2 aromatic heterocycles. The minimum absolute atomic E-state index is 0.0345. The number of nitrogens with zero attached hydrogens (tertiary/aromatic N) is 4. The van der Waals surface area contributed by atoms with E-state index in [9.17, 15) is 14.4 Å². The van der Waals surface area contributed by atoms with Crippen molar-refractivity contribution < 1.29 is 4.79 Å². The predicted molar refractivity (Wildman–Crippen MR) is 123 cm³/mol. The zero-order valence-electron chi connectivity index (χ0n) is 17.7. The second kappa shape index (κ2) is 8.84. The first-order chi connectivity index (χ1) is 15.4. The van der Waals surface area contributed by atoms with Crippen LogP contribution in [0.25, 0.3) is 11.2 Å². The van der Waals surface area contributed by atoms with Crippen LogP contribution in [-0.4, -0.2) is 24.6 Å². The van der Waals surface area contributed by atoms with Crippen molar-refractivity contribution >= 4 is 28.7 Å². The summed E-state index contributed by atoms with van der Waals surface area (Å²) >= 11 is 6.25. The highest BCUT2D eigenvalue weighted by Crippen LogP contribution is 2.20. The molecule has 0 spiro atoms. The van der Waals surface area contributed by atoms with E-state index in [0.29, 0.717) is 6.42 Å². The van der Waals surface area contributed by atoms with Crippen LogP contribution in [0, 0.1) is 0 Å². The van der Waals surface area contributed by atoms with Crippen LogP contribution in [0.1, 0.15) is 17.2 Å². The molecule has 4 rings (SSSR count). The molecule has 0 aliphatic carbocycles. The maximum Gasteiger partial charge on any atom is 0.332 e. The average molecular weight is 452 g/mol. The quantitative estimate of drug-likeness (QED) is 0.455. The molecule has 1 atom stereocenters. The van der Waals surface area contributed by atoms with Gasteiger partial charge in [-0.3, -0.25) is 23.3 Å². The smallest absolute Gasteiger partial charge is 0.332 e. The van der Waals surface area contributed by atoms with Gasteiger partial charge in [0.1, 0.15) is 6.54 Å². The van der Waals surface area contributed by atoms with Crippen LogP contribution in [-0.2, 0) is 31.9 Å². The van der Waals surface area contributed by atoms with Gasteiger partial charge in [-0.2, -0.15) is 4.98 Å². The molecule has 164 valence electrons. The first-order valence-electron chi connectivity index (χ1n) is 10.1. The fourth-order valence-electron chi connectivity index (χ4n) is 3.74. The minimum atomic E-state index is -0.556. The van der Waals surface area contributed by atoms with Gasteiger partial charge in [0, 0.05) is 14.1 Å². The van der Waals surface area contributed by atoms with Crippen molar-refractivity contribution in [3.8, 4) is 0 Å². The summed E-state index contributed by atoms with van der Waals surface area (Å²) in [5.41, 5.74) is 1.22. The molecule has 1 amide bonds. The SMILES string of the molecule is Cn1c(=O)c2c(nc(Cl)n2CC(=O)N[C@H](Cc2ccccc2)c2ccccc2)n(C)c1=O. The second-order valence-corrected chi connectivity index (χ2v) is 7.90. The van der Waals surface area contributed by atoms with Crippen molar-refractivity contribution in [2.45, 2.75) is 19.0 Å². The number of aromatic nitrogens is 4. The number of imidazole rings is 1. The summed E-state index contributed by atoms with van der Waals surface area (Å²) in [6, 6.07) is 19.3. The summed E-state index contributed by atoms with van der Waals surface area (Å²) in [5.74, 6) is -0.327. The van der Waals surface area contributed by atoms with Crippen molar-refractivity contribution in [2.75, 3.05) is 0 Å². The number of carbonyl (C=O) groups excluding carboxylic acids is 1. The van der Waals surface area contributed by atoms with Crippen molar-refractivity contribution in [1.29, 1.82) is 0 Å². The van der Waals surface area contributed by atoms with Crippen molar-refractivity contribution in [2.24, 2.45) is 14.1 Å². The molecule has 32 heavy (non-hydrogen) atoms. The molecule has 2 aromatic carbocycles. The van der Waals surface area contributed by atoms with E-state index in [1.165, 1.54) is 23.2 Å². The Hall–Kier alpha value is -3.65. The third-order valence-corrected chi connectivity index (χ3v) is 5.71. The molecule has 0 aliphatic heterocycles. The zero-order valence-corrected chi connectivity index (χ0v) is 18.4. The molecule has 0 saturated heterocycles. The fourth-order valence-corrected chi connectivity index (χ4v) is 3.96. The number of nitrogens with one attached hydrogen (secondary N) is 1. The first kappa shape index (κ1) is 21.6. The zero-order chi connectivity index (χ0) is 22.8.